The molecule has 3 rings (SSSR count). The molecule has 0 aliphatic heterocycles. The van der Waals surface area contributed by atoms with Gasteiger partial charge in [0, 0.05) is 11.5 Å². The van der Waals surface area contributed by atoms with Gasteiger partial charge >= 0.3 is 0 Å². The smallest absolute Gasteiger partial charge is 0.123 e. The second-order valence-corrected chi connectivity index (χ2v) is 5.47. The number of rotatable bonds is 2. The summed E-state index contributed by atoms with van der Waals surface area (Å²) < 4.78 is 13.5. The maximum absolute atomic E-state index is 13.5. The first-order valence-electron chi connectivity index (χ1n) is 6.11. The normalized spacial score (nSPS) is 16.3. The van der Waals surface area contributed by atoms with Crippen LogP contribution in [0.2, 0.25) is 10.0 Å². The van der Waals surface area contributed by atoms with Crippen molar-refractivity contribution in [2.24, 2.45) is 5.73 Å². The summed E-state index contributed by atoms with van der Waals surface area (Å²) in [5, 5.41) is 1.05. The van der Waals surface area contributed by atoms with E-state index in [-0.39, 0.29) is 11.7 Å². The minimum atomic E-state index is -0.240. The molecule has 0 amide bonds. The van der Waals surface area contributed by atoms with E-state index in [9.17, 15) is 4.39 Å². The predicted molar refractivity (Wildman–Crippen MR) is 77.4 cm³/mol. The molecule has 1 aliphatic carbocycles. The van der Waals surface area contributed by atoms with Gasteiger partial charge in [0.1, 0.15) is 5.82 Å². The minimum Gasteiger partial charge on any atom is -0.330 e. The zero-order valence-corrected chi connectivity index (χ0v) is 11.6. The second kappa shape index (κ2) is 4.78. The van der Waals surface area contributed by atoms with Gasteiger partial charge in [0.25, 0.3) is 0 Å². The first-order valence-corrected chi connectivity index (χ1v) is 6.87. The maximum Gasteiger partial charge on any atom is 0.123 e. The van der Waals surface area contributed by atoms with Crippen molar-refractivity contribution >= 4 is 23.2 Å². The predicted octanol–water partition coefficient (Wildman–Crippen LogP) is 4.59. The second-order valence-electron chi connectivity index (χ2n) is 4.69. The third-order valence-electron chi connectivity index (χ3n) is 3.62. The van der Waals surface area contributed by atoms with Crippen molar-refractivity contribution in [1.29, 1.82) is 0 Å². The molecule has 0 fully saturated rings. The largest absolute Gasteiger partial charge is 0.330 e. The molecule has 1 aliphatic rings. The molecule has 2 N–H and O–H groups in total. The molecule has 0 saturated heterocycles. The summed E-state index contributed by atoms with van der Waals surface area (Å²) in [7, 11) is 0. The van der Waals surface area contributed by atoms with Crippen molar-refractivity contribution in [2.75, 3.05) is 6.54 Å². The van der Waals surface area contributed by atoms with Crippen LogP contribution >= 0.6 is 23.2 Å². The van der Waals surface area contributed by atoms with E-state index in [1.165, 1.54) is 6.07 Å². The fraction of sp³-hybridized carbons (Fsp3) is 0.200. The topological polar surface area (TPSA) is 26.0 Å². The fourth-order valence-corrected chi connectivity index (χ4v) is 3.26. The highest BCUT2D eigenvalue weighted by molar-refractivity contribution is 6.44. The molecule has 4 heteroatoms. The van der Waals surface area contributed by atoms with Crippen LogP contribution in [0.3, 0.4) is 0 Å². The van der Waals surface area contributed by atoms with Crippen molar-refractivity contribution in [3.05, 3.63) is 57.3 Å². The minimum absolute atomic E-state index is 0.0977. The van der Waals surface area contributed by atoms with Crippen molar-refractivity contribution in [1.82, 2.24) is 0 Å². The molecule has 0 spiro atoms. The molecule has 0 bridgehead atoms. The van der Waals surface area contributed by atoms with Crippen LogP contribution in [-0.2, 0) is 0 Å². The van der Waals surface area contributed by atoms with E-state index in [4.69, 9.17) is 28.9 Å². The molecule has 19 heavy (non-hydrogen) atoms. The van der Waals surface area contributed by atoms with Gasteiger partial charge in [-0.15, -0.1) is 0 Å². The van der Waals surface area contributed by atoms with Crippen LogP contribution < -0.4 is 5.73 Å². The summed E-state index contributed by atoms with van der Waals surface area (Å²) in [5.74, 6) is -0.142. The molecule has 0 saturated carbocycles. The monoisotopic (exact) mass is 295 g/mol. The average Bonchev–Trinajstić information content (AvgIpc) is 2.69. The van der Waals surface area contributed by atoms with Gasteiger partial charge in [-0.1, -0.05) is 35.3 Å². The molecule has 1 nitrogen and oxygen atoms in total. The van der Waals surface area contributed by atoms with E-state index in [0.29, 0.717) is 16.6 Å². The van der Waals surface area contributed by atoms with E-state index in [0.717, 1.165) is 28.7 Å². The Morgan fingerprint density at radius 1 is 1.11 bits per heavy atom. The summed E-state index contributed by atoms with van der Waals surface area (Å²) in [6, 6.07) is 8.53. The van der Waals surface area contributed by atoms with Crippen molar-refractivity contribution in [3.63, 3.8) is 0 Å². The Bertz CT molecular complexity index is 655. The number of fused-ring (bicyclic) bond motifs is 3. The van der Waals surface area contributed by atoms with Gasteiger partial charge in [0.05, 0.1) is 10.0 Å². The first-order chi connectivity index (χ1) is 9.13. The highest BCUT2D eigenvalue weighted by Gasteiger charge is 2.30. The van der Waals surface area contributed by atoms with Crippen LogP contribution in [0.1, 0.15) is 23.5 Å². The zero-order valence-electron chi connectivity index (χ0n) is 10.1. The molecule has 0 aromatic heterocycles. The Balaban J connectivity index is 2.29. The standard InChI is InChI=1S/C15H12Cl2FN/c16-13-4-3-10-9(5-6-19)12-7-8(18)1-2-11(12)14(10)15(13)17/h1-4,7,9H,5-6,19H2. The molecule has 0 heterocycles. The molecule has 1 unspecified atom stereocenters. The van der Waals surface area contributed by atoms with Gasteiger partial charge in [-0.3, -0.25) is 0 Å². The molecule has 98 valence electrons. The lowest BCUT2D eigenvalue weighted by molar-refractivity contribution is 0.622. The molecular formula is C15H12Cl2FN. The van der Waals surface area contributed by atoms with Crippen molar-refractivity contribution < 1.29 is 4.39 Å². The third-order valence-corrected chi connectivity index (χ3v) is 4.42. The van der Waals surface area contributed by atoms with Crippen LogP contribution in [0.15, 0.2) is 30.3 Å². The maximum atomic E-state index is 13.5. The molecule has 1 atom stereocenters. The number of halogens is 3. The summed E-state index contributed by atoms with van der Waals surface area (Å²) in [5.41, 5.74) is 9.59. The average molecular weight is 296 g/mol. The number of nitrogens with two attached hydrogens (primary N) is 1. The van der Waals surface area contributed by atoms with Gasteiger partial charge in [-0.25, -0.2) is 4.39 Å². The van der Waals surface area contributed by atoms with E-state index >= 15 is 0 Å². The number of benzene rings is 2. The summed E-state index contributed by atoms with van der Waals surface area (Å²) in [6.45, 7) is 0.542. The Morgan fingerprint density at radius 2 is 1.89 bits per heavy atom. The third kappa shape index (κ3) is 1.95. The van der Waals surface area contributed by atoms with Crippen LogP contribution in [-0.4, -0.2) is 6.54 Å². The van der Waals surface area contributed by atoms with Gasteiger partial charge in [0.2, 0.25) is 0 Å². The zero-order chi connectivity index (χ0) is 13.6. The van der Waals surface area contributed by atoms with E-state index in [1.807, 2.05) is 6.07 Å². The molecule has 2 aromatic rings. The van der Waals surface area contributed by atoms with Crippen LogP contribution in [0, 0.1) is 5.82 Å². The lowest BCUT2D eigenvalue weighted by atomic mass is 9.94. The van der Waals surface area contributed by atoms with Gasteiger partial charge < -0.3 is 5.73 Å². The fourth-order valence-electron chi connectivity index (χ4n) is 2.82. The lowest BCUT2D eigenvalue weighted by Gasteiger charge is -2.12. The summed E-state index contributed by atoms with van der Waals surface area (Å²) >= 11 is 12.4. The summed E-state index contributed by atoms with van der Waals surface area (Å²) in [6.07, 6.45) is 0.765. The highest BCUT2D eigenvalue weighted by Crippen LogP contribution is 2.50. The van der Waals surface area contributed by atoms with E-state index in [1.54, 1.807) is 18.2 Å². The molecule has 2 aromatic carbocycles. The van der Waals surface area contributed by atoms with Gasteiger partial charge in [-0.2, -0.15) is 0 Å². The Morgan fingerprint density at radius 3 is 2.63 bits per heavy atom. The van der Waals surface area contributed by atoms with Crippen LogP contribution in [0.5, 0.6) is 0 Å². The highest BCUT2D eigenvalue weighted by atomic mass is 35.5. The van der Waals surface area contributed by atoms with E-state index < -0.39 is 0 Å². The Labute approximate surface area is 121 Å². The summed E-state index contributed by atoms with van der Waals surface area (Å²) in [4.78, 5) is 0. The van der Waals surface area contributed by atoms with E-state index in [2.05, 4.69) is 0 Å². The first kappa shape index (κ1) is 12.9. The number of hydrogen-bond acceptors (Lipinski definition) is 1. The van der Waals surface area contributed by atoms with Gasteiger partial charge in [0.15, 0.2) is 0 Å². The quantitative estimate of drug-likeness (QED) is 0.861. The molecular weight excluding hydrogens is 284 g/mol. The lowest BCUT2D eigenvalue weighted by Crippen LogP contribution is -2.06. The van der Waals surface area contributed by atoms with Crippen molar-refractivity contribution in [2.45, 2.75) is 12.3 Å². The van der Waals surface area contributed by atoms with Crippen molar-refractivity contribution in [3.8, 4) is 11.1 Å². The SMILES string of the molecule is NCCC1c2cc(F)ccc2-c2c1ccc(Cl)c2Cl. The Kier molecular flexibility index (Phi) is 3.25. The molecule has 0 radical (unpaired) electrons. The van der Waals surface area contributed by atoms with Crippen LogP contribution in [0.4, 0.5) is 4.39 Å². The number of hydrogen-bond donors (Lipinski definition) is 1. The van der Waals surface area contributed by atoms with Crippen LogP contribution in [0.25, 0.3) is 11.1 Å². The van der Waals surface area contributed by atoms with Gasteiger partial charge in [-0.05, 0) is 47.9 Å². The Hall–Kier alpha value is -1.09.